The van der Waals surface area contributed by atoms with Crippen molar-refractivity contribution >= 4 is 0 Å². The summed E-state index contributed by atoms with van der Waals surface area (Å²) in [6, 6.07) is 0. The van der Waals surface area contributed by atoms with Crippen LogP contribution >= 0.6 is 0 Å². The Hall–Kier alpha value is -1.26. The van der Waals surface area contributed by atoms with Gasteiger partial charge in [0, 0.05) is 12.0 Å². The summed E-state index contributed by atoms with van der Waals surface area (Å²) in [7, 11) is 0. The van der Waals surface area contributed by atoms with Crippen LogP contribution in [0, 0.1) is 5.92 Å². The van der Waals surface area contributed by atoms with Gasteiger partial charge in [-0.2, -0.15) is 0 Å². The van der Waals surface area contributed by atoms with Gasteiger partial charge in [-0.3, -0.25) is 0 Å². The predicted molar refractivity (Wildman–Crippen MR) is 64.7 cm³/mol. The molecular formula is C13H19NO3. The first-order chi connectivity index (χ1) is 8.20. The van der Waals surface area contributed by atoms with Crippen LogP contribution in [-0.2, 0) is 9.47 Å². The second-order valence-electron chi connectivity index (χ2n) is 4.35. The summed E-state index contributed by atoms with van der Waals surface area (Å²) in [6.07, 6.45) is 6.54. The molecule has 0 amide bonds. The number of ether oxygens (including phenoxy) is 2. The molecule has 2 rings (SSSR count). The lowest BCUT2D eigenvalue weighted by Crippen LogP contribution is -2.23. The Morgan fingerprint density at radius 3 is 3.18 bits per heavy atom. The fourth-order valence-corrected chi connectivity index (χ4v) is 2.06. The van der Waals surface area contributed by atoms with Crippen molar-refractivity contribution < 1.29 is 14.6 Å². The van der Waals surface area contributed by atoms with E-state index < -0.39 is 6.29 Å². The molecule has 2 aliphatic rings. The summed E-state index contributed by atoms with van der Waals surface area (Å²) < 4.78 is 11.0. The molecule has 4 heteroatoms. The van der Waals surface area contributed by atoms with E-state index in [1.807, 2.05) is 13.0 Å². The van der Waals surface area contributed by atoms with E-state index in [-0.39, 0.29) is 5.92 Å². The van der Waals surface area contributed by atoms with Crippen molar-refractivity contribution in [1.29, 1.82) is 0 Å². The van der Waals surface area contributed by atoms with Crippen LogP contribution in [0.5, 0.6) is 0 Å². The molecule has 1 aliphatic heterocycles. The molecule has 0 bridgehead atoms. The molecule has 1 heterocycles. The first-order valence-corrected chi connectivity index (χ1v) is 5.98. The Bertz CT molecular complexity index is 371. The van der Waals surface area contributed by atoms with Crippen LogP contribution in [-0.4, -0.2) is 24.5 Å². The van der Waals surface area contributed by atoms with Gasteiger partial charge in [0.2, 0.25) is 6.29 Å². The summed E-state index contributed by atoms with van der Waals surface area (Å²) in [5.74, 6) is 1.86. The van der Waals surface area contributed by atoms with E-state index >= 15 is 0 Å². The maximum atomic E-state index is 9.50. The maximum Gasteiger partial charge on any atom is 0.217 e. The molecular weight excluding hydrogens is 218 g/mol. The number of allylic oxidation sites excluding steroid dienone is 3. The van der Waals surface area contributed by atoms with Gasteiger partial charge < -0.3 is 20.3 Å². The normalized spacial score (nSPS) is 27.4. The smallest absolute Gasteiger partial charge is 0.217 e. The Kier molecular flexibility index (Phi) is 3.86. The molecule has 1 aliphatic carbocycles. The third kappa shape index (κ3) is 2.90. The minimum Gasteiger partial charge on any atom is -0.494 e. The van der Waals surface area contributed by atoms with Gasteiger partial charge >= 0.3 is 0 Å². The van der Waals surface area contributed by atoms with Crippen molar-refractivity contribution in [3.63, 3.8) is 0 Å². The highest BCUT2D eigenvalue weighted by Crippen LogP contribution is 2.35. The van der Waals surface area contributed by atoms with Crippen LogP contribution in [0.3, 0.4) is 0 Å². The van der Waals surface area contributed by atoms with Gasteiger partial charge in [0.15, 0.2) is 0 Å². The Labute approximate surface area is 101 Å². The fourth-order valence-electron chi connectivity index (χ4n) is 2.06. The molecule has 0 saturated heterocycles. The number of aliphatic hydroxyl groups is 1. The predicted octanol–water partition coefficient (Wildman–Crippen LogP) is 1.43. The molecule has 17 heavy (non-hydrogen) atoms. The van der Waals surface area contributed by atoms with E-state index in [0.29, 0.717) is 13.2 Å². The minimum atomic E-state index is -0.833. The standard InChI is InChI=1S/C13H19NO3/c1-9-7-13(15)17-12-8-10(3-4-11(9)12)16-6-2-5-14/h3,7-8,11,13,15H,2,4-6,14H2,1H3. The molecule has 2 atom stereocenters. The zero-order chi connectivity index (χ0) is 12.3. The molecule has 0 aromatic carbocycles. The Morgan fingerprint density at radius 2 is 2.41 bits per heavy atom. The molecule has 94 valence electrons. The fraction of sp³-hybridized carbons (Fsp3) is 0.538. The largest absolute Gasteiger partial charge is 0.494 e. The third-order valence-electron chi connectivity index (χ3n) is 3.01. The van der Waals surface area contributed by atoms with Gasteiger partial charge in [0.1, 0.15) is 11.5 Å². The highest BCUT2D eigenvalue weighted by Gasteiger charge is 2.27. The van der Waals surface area contributed by atoms with Gasteiger partial charge in [-0.05, 0) is 38.5 Å². The molecule has 4 nitrogen and oxygen atoms in total. The number of hydrogen-bond acceptors (Lipinski definition) is 4. The van der Waals surface area contributed by atoms with Crippen molar-refractivity contribution in [3.8, 4) is 0 Å². The van der Waals surface area contributed by atoms with Crippen LogP contribution in [0.25, 0.3) is 0 Å². The summed E-state index contributed by atoms with van der Waals surface area (Å²) in [5, 5.41) is 9.50. The Morgan fingerprint density at radius 1 is 1.59 bits per heavy atom. The quantitative estimate of drug-likeness (QED) is 0.573. The molecule has 0 spiro atoms. The van der Waals surface area contributed by atoms with Gasteiger partial charge in [-0.15, -0.1) is 0 Å². The first kappa shape index (κ1) is 12.2. The van der Waals surface area contributed by atoms with Crippen LogP contribution in [0.4, 0.5) is 0 Å². The SMILES string of the molecule is CC1=CC(O)OC2=CC(OCCCN)=CCC12. The number of rotatable bonds is 4. The van der Waals surface area contributed by atoms with E-state index in [1.54, 1.807) is 6.08 Å². The highest BCUT2D eigenvalue weighted by molar-refractivity contribution is 5.31. The van der Waals surface area contributed by atoms with Gasteiger partial charge in [-0.1, -0.05) is 5.57 Å². The van der Waals surface area contributed by atoms with Crippen LogP contribution < -0.4 is 5.73 Å². The maximum absolute atomic E-state index is 9.50. The van der Waals surface area contributed by atoms with Crippen molar-refractivity contribution in [2.75, 3.05) is 13.2 Å². The molecule has 0 saturated carbocycles. The van der Waals surface area contributed by atoms with Gasteiger partial charge in [0.25, 0.3) is 0 Å². The third-order valence-corrected chi connectivity index (χ3v) is 3.01. The monoisotopic (exact) mass is 237 g/mol. The molecule has 3 N–H and O–H groups in total. The topological polar surface area (TPSA) is 64.7 Å². The summed E-state index contributed by atoms with van der Waals surface area (Å²) >= 11 is 0. The van der Waals surface area contributed by atoms with Gasteiger partial charge in [-0.25, -0.2) is 0 Å². The summed E-state index contributed by atoms with van der Waals surface area (Å²) in [6.45, 7) is 3.26. The average Bonchev–Trinajstić information content (AvgIpc) is 2.28. The number of fused-ring (bicyclic) bond motifs is 1. The van der Waals surface area contributed by atoms with E-state index in [4.69, 9.17) is 15.2 Å². The summed E-state index contributed by atoms with van der Waals surface area (Å²) in [5.41, 5.74) is 6.55. The van der Waals surface area contributed by atoms with Gasteiger partial charge in [0.05, 0.1) is 6.61 Å². The summed E-state index contributed by atoms with van der Waals surface area (Å²) in [4.78, 5) is 0. The molecule has 0 aromatic heterocycles. The zero-order valence-corrected chi connectivity index (χ0v) is 10.1. The van der Waals surface area contributed by atoms with E-state index in [9.17, 15) is 5.11 Å². The average molecular weight is 237 g/mol. The lowest BCUT2D eigenvalue weighted by Gasteiger charge is -2.30. The van der Waals surface area contributed by atoms with Crippen molar-refractivity contribution in [3.05, 3.63) is 35.3 Å². The second-order valence-corrected chi connectivity index (χ2v) is 4.35. The van der Waals surface area contributed by atoms with Crippen molar-refractivity contribution in [2.24, 2.45) is 11.7 Å². The zero-order valence-electron chi connectivity index (χ0n) is 10.1. The lowest BCUT2D eigenvalue weighted by molar-refractivity contribution is -0.0446. The van der Waals surface area contributed by atoms with E-state index in [2.05, 4.69) is 6.08 Å². The van der Waals surface area contributed by atoms with Crippen molar-refractivity contribution in [2.45, 2.75) is 26.1 Å². The van der Waals surface area contributed by atoms with Crippen LogP contribution in [0.15, 0.2) is 35.3 Å². The number of hydrogen-bond donors (Lipinski definition) is 2. The molecule has 0 fully saturated rings. The van der Waals surface area contributed by atoms with E-state index in [1.165, 1.54) is 0 Å². The highest BCUT2D eigenvalue weighted by atomic mass is 16.6. The minimum absolute atomic E-state index is 0.250. The number of nitrogens with two attached hydrogens (primary N) is 1. The second kappa shape index (κ2) is 5.38. The number of aliphatic hydroxyl groups excluding tert-OH is 1. The van der Waals surface area contributed by atoms with Crippen LogP contribution in [0.1, 0.15) is 19.8 Å². The molecule has 0 radical (unpaired) electrons. The lowest BCUT2D eigenvalue weighted by atomic mass is 9.89. The molecule has 2 unspecified atom stereocenters. The van der Waals surface area contributed by atoms with E-state index in [0.717, 1.165) is 29.9 Å². The molecule has 0 aromatic rings. The Balaban J connectivity index is 2.01. The van der Waals surface area contributed by atoms with Crippen LogP contribution in [0.2, 0.25) is 0 Å². The first-order valence-electron chi connectivity index (χ1n) is 5.98. The van der Waals surface area contributed by atoms with Crippen molar-refractivity contribution in [1.82, 2.24) is 0 Å².